The van der Waals surface area contributed by atoms with Crippen LogP contribution in [0.3, 0.4) is 0 Å². The largest absolute Gasteiger partial charge is 0.355 e. The van der Waals surface area contributed by atoms with Crippen LogP contribution in [0.4, 0.5) is 0 Å². The molecule has 0 aromatic rings. The molecule has 118 valence electrons. The van der Waals surface area contributed by atoms with Crippen molar-refractivity contribution < 1.29 is 4.79 Å². The van der Waals surface area contributed by atoms with Crippen LogP contribution in [0.2, 0.25) is 0 Å². The van der Waals surface area contributed by atoms with Crippen molar-refractivity contribution in [3.63, 3.8) is 0 Å². The van der Waals surface area contributed by atoms with Crippen molar-refractivity contribution in [2.75, 3.05) is 24.6 Å². The summed E-state index contributed by atoms with van der Waals surface area (Å²) in [6.45, 7) is 2.01. The van der Waals surface area contributed by atoms with Crippen LogP contribution in [0.15, 0.2) is 0 Å². The van der Waals surface area contributed by atoms with E-state index in [1.54, 1.807) is 0 Å². The van der Waals surface area contributed by atoms with Gasteiger partial charge in [-0.2, -0.15) is 11.8 Å². The van der Waals surface area contributed by atoms with E-state index in [-0.39, 0.29) is 5.91 Å². The number of carbonyl (C=O) groups excluding carboxylic acids is 1. The zero-order chi connectivity index (χ0) is 14.3. The van der Waals surface area contributed by atoms with Crippen LogP contribution in [0.5, 0.6) is 0 Å². The van der Waals surface area contributed by atoms with Crippen molar-refractivity contribution in [3.05, 3.63) is 0 Å². The lowest BCUT2D eigenvalue weighted by molar-refractivity contribution is -0.123. The first-order valence-corrected chi connectivity index (χ1v) is 9.94. The zero-order valence-corrected chi connectivity index (χ0v) is 13.7. The van der Waals surface area contributed by atoms with Gasteiger partial charge >= 0.3 is 0 Å². The Kier molecular flexibility index (Phi) is 3.95. The van der Waals surface area contributed by atoms with E-state index in [1.807, 2.05) is 11.8 Å². The third kappa shape index (κ3) is 3.12. The SMILES string of the molecule is O=C(CC1CSCCN1)NCC12CC3CC(CC(C3)C1)C2. The Labute approximate surface area is 132 Å². The number of carbonyl (C=O) groups is 1. The summed E-state index contributed by atoms with van der Waals surface area (Å²) < 4.78 is 0. The summed E-state index contributed by atoms with van der Waals surface area (Å²) >= 11 is 1.97. The van der Waals surface area contributed by atoms with Gasteiger partial charge < -0.3 is 10.6 Å². The maximum atomic E-state index is 12.2. The molecule has 5 aliphatic rings. The van der Waals surface area contributed by atoms with Crippen LogP contribution in [0.1, 0.15) is 44.9 Å². The Morgan fingerprint density at radius 3 is 2.38 bits per heavy atom. The highest BCUT2D eigenvalue weighted by Gasteiger charge is 2.50. The second-order valence-electron chi connectivity index (χ2n) is 8.12. The second kappa shape index (κ2) is 5.77. The molecule has 4 saturated carbocycles. The van der Waals surface area contributed by atoms with Gasteiger partial charge in [-0.3, -0.25) is 4.79 Å². The van der Waals surface area contributed by atoms with E-state index in [2.05, 4.69) is 10.6 Å². The fourth-order valence-corrected chi connectivity index (χ4v) is 6.79. The average Bonchev–Trinajstić information content (AvgIpc) is 2.45. The molecule has 4 bridgehead atoms. The lowest BCUT2D eigenvalue weighted by atomic mass is 9.49. The molecule has 1 atom stereocenters. The molecule has 1 saturated heterocycles. The van der Waals surface area contributed by atoms with Crippen molar-refractivity contribution in [2.24, 2.45) is 23.2 Å². The number of rotatable bonds is 4. The predicted molar refractivity (Wildman–Crippen MR) is 87.3 cm³/mol. The first kappa shape index (κ1) is 14.4. The van der Waals surface area contributed by atoms with Crippen LogP contribution in [-0.2, 0) is 4.79 Å². The molecule has 1 amide bonds. The van der Waals surface area contributed by atoms with Gasteiger partial charge in [-0.15, -0.1) is 0 Å². The van der Waals surface area contributed by atoms with E-state index in [0.717, 1.165) is 36.6 Å². The summed E-state index contributed by atoms with van der Waals surface area (Å²) in [5.74, 6) is 5.47. The van der Waals surface area contributed by atoms with E-state index in [9.17, 15) is 4.79 Å². The molecule has 1 aliphatic heterocycles. The Morgan fingerprint density at radius 1 is 1.14 bits per heavy atom. The monoisotopic (exact) mass is 308 g/mol. The van der Waals surface area contributed by atoms with Crippen molar-refractivity contribution in [2.45, 2.75) is 51.0 Å². The van der Waals surface area contributed by atoms with Gasteiger partial charge in [0.05, 0.1) is 0 Å². The standard InChI is InChI=1S/C17H28N2OS/c20-16(6-15-10-21-2-1-18-15)19-11-17-7-12-3-13(8-17)5-14(4-12)9-17/h12-15,18H,1-11H2,(H,19,20). The fraction of sp³-hybridized carbons (Fsp3) is 0.941. The smallest absolute Gasteiger partial charge is 0.221 e. The van der Waals surface area contributed by atoms with Gasteiger partial charge in [0.2, 0.25) is 5.91 Å². The predicted octanol–water partition coefficient (Wildman–Crippen LogP) is 2.41. The maximum Gasteiger partial charge on any atom is 0.221 e. The molecule has 5 rings (SSSR count). The second-order valence-corrected chi connectivity index (χ2v) is 9.27. The molecule has 4 aliphatic carbocycles. The van der Waals surface area contributed by atoms with Gasteiger partial charge in [0, 0.05) is 37.1 Å². The quantitative estimate of drug-likeness (QED) is 0.838. The number of amides is 1. The molecule has 2 N–H and O–H groups in total. The third-order valence-corrected chi connectivity index (χ3v) is 7.39. The summed E-state index contributed by atoms with van der Waals surface area (Å²) in [4.78, 5) is 12.2. The highest BCUT2D eigenvalue weighted by molar-refractivity contribution is 7.99. The number of nitrogens with one attached hydrogen (secondary N) is 2. The number of hydrogen-bond donors (Lipinski definition) is 2. The molecule has 0 aromatic heterocycles. The summed E-state index contributed by atoms with van der Waals surface area (Å²) in [5, 5.41) is 6.76. The Hall–Kier alpha value is -0.220. The molecule has 0 aromatic carbocycles. The molecule has 3 nitrogen and oxygen atoms in total. The lowest BCUT2D eigenvalue weighted by Crippen LogP contribution is -2.51. The molecule has 1 heterocycles. The van der Waals surface area contributed by atoms with Crippen molar-refractivity contribution >= 4 is 17.7 Å². The van der Waals surface area contributed by atoms with Gasteiger partial charge in [0.1, 0.15) is 0 Å². The fourth-order valence-electron chi connectivity index (χ4n) is 5.84. The van der Waals surface area contributed by atoms with Crippen LogP contribution in [-0.4, -0.2) is 36.5 Å². The van der Waals surface area contributed by atoms with Crippen LogP contribution in [0.25, 0.3) is 0 Å². The Morgan fingerprint density at radius 2 is 1.81 bits per heavy atom. The minimum atomic E-state index is 0.269. The van der Waals surface area contributed by atoms with Crippen LogP contribution in [0, 0.1) is 23.2 Å². The van der Waals surface area contributed by atoms with E-state index in [1.165, 1.54) is 44.3 Å². The minimum Gasteiger partial charge on any atom is -0.355 e. The van der Waals surface area contributed by atoms with Crippen LogP contribution < -0.4 is 10.6 Å². The van der Waals surface area contributed by atoms with Crippen molar-refractivity contribution in [3.8, 4) is 0 Å². The summed E-state index contributed by atoms with van der Waals surface area (Å²) in [6.07, 6.45) is 9.27. The van der Waals surface area contributed by atoms with E-state index in [0.29, 0.717) is 17.9 Å². The van der Waals surface area contributed by atoms with Gasteiger partial charge in [-0.1, -0.05) is 0 Å². The van der Waals surface area contributed by atoms with E-state index in [4.69, 9.17) is 0 Å². The molecule has 21 heavy (non-hydrogen) atoms. The molecule has 4 heteroatoms. The van der Waals surface area contributed by atoms with Gasteiger partial charge in [0.15, 0.2) is 0 Å². The molecule has 5 fully saturated rings. The first-order chi connectivity index (χ1) is 10.2. The zero-order valence-electron chi connectivity index (χ0n) is 12.9. The Balaban J connectivity index is 1.29. The highest BCUT2D eigenvalue weighted by atomic mass is 32.2. The van der Waals surface area contributed by atoms with Crippen molar-refractivity contribution in [1.29, 1.82) is 0 Å². The minimum absolute atomic E-state index is 0.269. The topological polar surface area (TPSA) is 41.1 Å². The molecule has 0 radical (unpaired) electrons. The highest BCUT2D eigenvalue weighted by Crippen LogP contribution is 2.59. The average molecular weight is 308 g/mol. The Bertz CT molecular complexity index is 370. The molecule has 0 spiro atoms. The normalized spacial score (nSPS) is 44.8. The number of thioether (sulfide) groups is 1. The summed E-state index contributed by atoms with van der Waals surface area (Å²) in [5.41, 5.74) is 0.471. The molecular weight excluding hydrogens is 280 g/mol. The van der Waals surface area contributed by atoms with Crippen molar-refractivity contribution in [1.82, 2.24) is 10.6 Å². The van der Waals surface area contributed by atoms with Gasteiger partial charge in [-0.25, -0.2) is 0 Å². The van der Waals surface area contributed by atoms with Crippen LogP contribution >= 0.6 is 11.8 Å². The van der Waals surface area contributed by atoms with Gasteiger partial charge in [-0.05, 0) is 61.7 Å². The van der Waals surface area contributed by atoms with E-state index >= 15 is 0 Å². The van der Waals surface area contributed by atoms with E-state index < -0.39 is 0 Å². The first-order valence-electron chi connectivity index (χ1n) is 8.79. The van der Waals surface area contributed by atoms with Gasteiger partial charge in [0.25, 0.3) is 0 Å². The maximum absolute atomic E-state index is 12.2. The molecular formula is C17H28N2OS. The molecule has 1 unspecified atom stereocenters. The lowest BCUT2D eigenvalue weighted by Gasteiger charge is -2.56. The third-order valence-electron chi connectivity index (χ3n) is 6.26. The summed E-state index contributed by atoms with van der Waals surface area (Å²) in [6, 6.07) is 0.389. The number of hydrogen-bond acceptors (Lipinski definition) is 3. The summed E-state index contributed by atoms with van der Waals surface area (Å²) in [7, 11) is 0.